The van der Waals surface area contributed by atoms with E-state index in [9.17, 15) is 4.79 Å². The third kappa shape index (κ3) is 2.60. The van der Waals surface area contributed by atoms with Crippen molar-refractivity contribution in [3.8, 4) is 5.69 Å². The molecule has 2 heterocycles. The number of nitrogens with zero attached hydrogens (tertiary/aromatic N) is 5. The highest BCUT2D eigenvalue weighted by Crippen LogP contribution is 2.15. The van der Waals surface area contributed by atoms with Gasteiger partial charge in [-0.25, -0.2) is 9.98 Å². The number of hydrogen-bond acceptors (Lipinski definition) is 4. The number of aromatic amines is 1. The molecule has 3 rings (SSSR count). The summed E-state index contributed by atoms with van der Waals surface area (Å²) in [5.41, 5.74) is 2.53. The van der Waals surface area contributed by atoms with E-state index in [1.165, 1.54) is 0 Å². The van der Waals surface area contributed by atoms with Crippen LogP contribution in [0.15, 0.2) is 40.4 Å². The molecule has 3 aromatic rings. The zero-order chi connectivity index (χ0) is 15.7. The number of fused-ring (bicyclic) bond motifs is 1. The summed E-state index contributed by atoms with van der Waals surface area (Å²) < 4.78 is 1.72. The van der Waals surface area contributed by atoms with Crippen LogP contribution in [0.5, 0.6) is 0 Å². The molecule has 0 radical (unpaired) electrons. The zero-order valence-corrected chi connectivity index (χ0v) is 12.6. The fourth-order valence-corrected chi connectivity index (χ4v) is 2.05. The first-order valence-corrected chi connectivity index (χ1v) is 6.79. The lowest BCUT2D eigenvalue weighted by atomic mass is 10.2. The SMILES string of the molecule is Cc1ccc(-n2cnc3nc(/N=C/N(C)C)[nH]c(=O)c32)cc1. The van der Waals surface area contributed by atoms with Gasteiger partial charge < -0.3 is 4.90 Å². The summed E-state index contributed by atoms with van der Waals surface area (Å²) in [4.78, 5) is 29.3. The van der Waals surface area contributed by atoms with E-state index in [2.05, 4.69) is 19.9 Å². The summed E-state index contributed by atoms with van der Waals surface area (Å²) in [6.07, 6.45) is 3.16. The highest BCUT2D eigenvalue weighted by molar-refractivity contribution is 5.73. The molecule has 7 nitrogen and oxygen atoms in total. The number of rotatable bonds is 3. The molecule has 1 N–H and O–H groups in total. The second-order valence-corrected chi connectivity index (χ2v) is 5.22. The van der Waals surface area contributed by atoms with E-state index in [0.29, 0.717) is 11.2 Å². The number of aliphatic imine (C=N–C) groups is 1. The van der Waals surface area contributed by atoms with Crippen molar-refractivity contribution in [2.24, 2.45) is 4.99 Å². The van der Waals surface area contributed by atoms with Gasteiger partial charge in [-0.05, 0) is 19.1 Å². The first kappa shape index (κ1) is 14.0. The molecule has 0 aliphatic heterocycles. The first-order valence-electron chi connectivity index (χ1n) is 6.79. The van der Waals surface area contributed by atoms with Crippen molar-refractivity contribution in [3.63, 3.8) is 0 Å². The Bertz CT molecular complexity index is 889. The minimum Gasteiger partial charge on any atom is -0.369 e. The summed E-state index contributed by atoms with van der Waals surface area (Å²) in [5.74, 6) is 0.236. The van der Waals surface area contributed by atoms with E-state index in [1.54, 1.807) is 22.1 Å². The molecule has 1 aromatic carbocycles. The Hall–Kier alpha value is -2.96. The molecule has 7 heteroatoms. The number of aryl methyl sites for hydroxylation is 1. The van der Waals surface area contributed by atoms with Gasteiger partial charge in [0.15, 0.2) is 11.2 Å². The van der Waals surface area contributed by atoms with Gasteiger partial charge in [0.1, 0.15) is 6.33 Å². The Morgan fingerprint density at radius 1 is 1.27 bits per heavy atom. The Morgan fingerprint density at radius 3 is 2.68 bits per heavy atom. The van der Waals surface area contributed by atoms with E-state index >= 15 is 0 Å². The van der Waals surface area contributed by atoms with Gasteiger partial charge in [0.25, 0.3) is 5.56 Å². The average molecular weight is 296 g/mol. The van der Waals surface area contributed by atoms with Gasteiger partial charge in [0.05, 0.1) is 6.34 Å². The standard InChI is InChI=1S/C15H16N6O/c1-10-4-6-11(7-5-10)21-9-16-13-12(21)14(22)19-15(18-13)17-8-20(2)3/h4-9H,1-3H3,(H,18,19,22)/b17-8+. The van der Waals surface area contributed by atoms with Crippen molar-refractivity contribution in [2.45, 2.75) is 6.92 Å². The minimum atomic E-state index is -0.269. The first-order chi connectivity index (χ1) is 10.5. The molecule has 0 saturated heterocycles. The van der Waals surface area contributed by atoms with Gasteiger partial charge in [0.2, 0.25) is 5.95 Å². The average Bonchev–Trinajstić information content (AvgIpc) is 2.90. The van der Waals surface area contributed by atoms with E-state index in [4.69, 9.17) is 0 Å². The molecule has 0 atom stereocenters. The largest absolute Gasteiger partial charge is 0.369 e. The van der Waals surface area contributed by atoms with Gasteiger partial charge in [-0.1, -0.05) is 17.7 Å². The lowest BCUT2D eigenvalue weighted by Gasteiger charge is -2.04. The van der Waals surface area contributed by atoms with Crippen LogP contribution in [-0.2, 0) is 0 Å². The molecule has 0 saturated carbocycles. The molecule has 0 spiro atoms. The maximum Gasteiger partial charge on any atom is 0.279 e. The van der Waals surface area contributed by atoms with Crippen LogP contribution in [0.25, 0.3) is 16.9 Å². The molecule has 0 unspecified atom stereocenters. The van der Waals surface area contributed by atoms with Crippen molar-refractivity contribution in [3.05, 3.63) is 46.5 Å². The van der Waals surface area contributed by atoms with Crippen LogP contribution < -0.4 is 5.56 Å². The lowest BCUT2D eigenvalue weighted by Crippen LogP contribution is -2.12. The van der Waals surface area contributed by atoms with Gasteiger partial charge in [-0.2, -0.15) is 4.98 Å². The maximum absolute atomic E-state index is 12.3. The zero-order valence-electron chi connectivity index (χ0n) is 12.6. The lowest BCUT2D eigenvalue weighted by molar-refractivity contribution is 0.642. The Balaban J connectivity index is 2.12. The van der Waals surface area contributed by atoms with E-state index in [1.807, 2.05) is 45.3 Å². The number of hydrogen-bond donors (Lipinski definition) is 1. The van der Waals surface area contributed by atoms with Crippen molar-refractivity contribution in [1.29, 1.82) is 0 Å². The fraction of sp³-hybridized carbons (Fsp3) is 0.200. The van der Waals surface area contributed by atoms with Crippen LogP contribution in [0.2, 0.25) is 0 Å². The van der Waals surface area contributed by atoms with Crippen LogP contribution >= 0.6 is 0 Å². The van der Waals surface area contributed by atoms with E-state index < -0.39 is 0 Å². The van der Waals surface area contributed by atoms with Crippen molar-refractivity contribution < 1.29 is 0 Å². The molecular formula is C15H16N6O. The Labute approximate surface area is 127 Å². The number of imidazole rings is 1. The van der Waals surface area contributed by atoms with Crippen molar-refractivity contribution >= 4 is 23.5 Å². The summed E-state index contributed by atoms with van der Waals surface area (Å²) in [6, 6.07) is 7.85. The van der Waals surface area contributed by atoms with Crippen LogP contribution in [0.1, 0.15) is 5.56 Å². The maximum atomic E-state index is 12.3. The van der Waals surface area contributed by atoms with Gasteiger partial charge in [-0.15, -0.1) is 0 Å². The molecule has 2 aromatic heterocycles. The topological polar surface area (TPSA) is 79.2 Å². The molecular weight excluding hydrogens is 280 g/mol. The summed E-state index contributed by atoms with van der Waals surface area (Å²) in [6.45, 7) is 2.01. The van der Waals surface area contributed by atoms with E-state index in [0.717, 1.165) is 11.3 Å². The Kier molecular flexibility index (Phi) is 3.46. The summed E-state index contributed by atoms with van der Waals surface area (Å²) in [7, 11) is 3.68. The molecule has 0 amide bonds. The smallest absolute Gasteiger partial charge is 0.279 e. The number of nitrogens with one attached hydrogen (secondary N) is 1. The highest BCUT2D eigenvalue weighted by atomic mass is 16.1. The van der Waals surface area contributed by atoms with Gasteiger partial charge >= 0.3 is 0 Å². The molecule has 0 fully saturated rings. The molecule has 22 heavy (non-hydrogen) atoms. The third-order valence-corrected chi connectivity index (χ3v) is 3.12. The number of benzene rings is 1. The van der Waals surface area contributed by atoms with Crippen LogP contribution in [-0.4, -0.2) is 44.9 Å². The van der Waals surface area contributed by atoms with Crippen LogP contribution in [0.3, 0.4) is 0 Å². The van der Waals surface area contributed by atoms with Crippen LogP contribution in [0.4, 0.5) is 5.95 Å². The number of aromatic nitrogens is 4. The summed E-state index contributed by atoms with van der Waals surface area (Å²) in [5, 5.41) is 0. The predicted molar refractivity (Wildman–Crippen MR) is 86.1 cm³/mol. The monoisotopic (exact) mass is 296 g/mol. The second kappa shape index (κ2) is 5.44. The van der Waals surface area contributed by atoms with E-state index in [-0.39, 0.29) is 11.5 Å². The van der Waals surface area contributed by atoms with Crippen molar-refractivity contribution in [2.75, 3.05) is 14.1 Å². The van der Waals surface area contributed by atoms with Gasteiger partial charge in [0, 0.05) is 19.8 Å². The minimum absolute atomic E-state index is 0.236. The van der Waals surface area contributed by atoms with Crippen molar-refractivity contribution in [1.82, 2.24) is 24.4 Å². The Morgan fingerprint density at radius 2 is 2.00 bits per heavy atom. The van der Waals surface area contributed by atoms with Crippen LogP contribution in [0, 0.1) is 6.92 Å². The summed E-state index contributed by atoms with van der Waals surface area (Å²) >= 11 is 0. The quantitative estimate of drug-likeness (QED) is 0.588. The molecule has 0 aliphatic carbocycles. The third-order valence-electron chi connectivity index (χ3n) is 3.12. The number of H-pyrrole nitrogens is 1. The molecule has 112 valence electrons. The normalized spacial score (nSPS) is 11.4. The van der Waals surface area contributed by atoms with Gasteiger partial charge in [-0.3, -0.25) is 14.3 Å². The predicted octanol–water partition coefficient (Wildman–Crippen LogP) is 1.64. The molecule has 0 bridgehead atoms. The second-order valence-electron chi connectivity index (χ2n) is 5.22. The molecule has 0 aliphatic rings. The fourth-order valence-electron chi connectivity index (χ4n) is 2.05. The highest BCUT2D eigenvalue weighted by Gasteiger charge is 2.11.